The average Bonchev–Trinajstić information content (AvgIpc) is 3.66. The minimum absolute atomic E-state index is 0.00888. The molecule has 0 amide bonds. The molecule has 0 radical (unpaired) electrons. The van der Waals surface area contributed by atoms with Gasteiger partial charge in [0.05, 0.1) is 37.6 Å². The number of hydrogen-bond acceptors (Lipinski definition) is 17. The van der Waals surface area contributed by atoms with Crippen molar-refractivity contribution < 1.29 is 83.9 Å². The SMILES string of the molecule is CC1CCC2(OC1)OC1CC3C4CC=C5CC(OC6OC(CO)C(OC7OC(C)C(O)C(O)C7O)C(O)C6OC6OC(C)C(O)C(O)C6O)CCC5(C)C4CCC3(C)C1C2(C)O. The number of fused-ring (bicyclic) bond motifs is 7. The third-order valence-electron chi connectivity index (χ3n) is 17.7. The van der Waals surface area contributed by atoms with E-state index in [-0.39, 0.29) is 22.9 Å². The molecule has 5 saturated heterocycles. The molecule has 26 unspecified atom stereocenters. The van der Waals surface area contributed by atoms with Crippen LogP contribution in [0.4, 0.5) is 0 Å². The van der Waals surface area contributed by atoms with Crippen molar-refractivity contribution in [2.24, 2.45) is 40.4 Å². The molecule has 1 spiro atoms. The second kappa shape index (κ2) is 16.7. The van der Waals surface area contributed by atoms with Gasteiger partial charge in [-0.15, -0.1) is 0 Å². The summed E-state index contributed by atoms with van der Waals surface area (Å²) in [7, 11) is 0. The maximum absolute atomic E-state index is 12.4. The first-order valence-corrected chi connectivity index (χ1v) is 23.3. The molecule has 0 bridgehead atoms. The van der Waals surface area contributed by atoms with Gasteiger partial charge < -0.3 is 83.9 Å². The Hall–Kier alpha value is -0.940. The topological polar surface area (TPSA) is 256 Å². The summed E-state index contributed by atoms with van der Waals surface area (Å²) in [6.45, 7) is 11.8. The number of ether oxygens (including phenoxy) is 8. The molecular weight excluding hydrogens is 812 g/mol. The van der Waals surface area contributed by atoms with E-state index in [0.717, 1.165) is 38.5 Å². The van der Waals surface area contributed by atoms with Crippen LogP contribution in [0.3, 0.4) is 0 Å². The Morgan fingerprint density at radius 3 is 1.95 bits per heavy atom. The molecule has 354 valence electrons. The van der Waals surface area contributed by atoms with Gasteiger partial charge >= 0.3 is 0 Å². The van der Waals surface area contributed by atoms with E-state index in [1.54, 1.807) is 0 Å². The van der Waals surface area contributed by atoms with Crippen molar-refractivity contribution in [1.82, 2.24) is 0 Å². The summed E-state index contributed by atoms with van der Waals surface area (Å²) in [4.78, 5) is 0. The monoisotopic (exact) mass is 884 g/mol. The zero-order valence-corrected chi connectivity index (χ0v) is 36.8. The molecule has 8 fully saturated rings. The van der Waals surface area contributed by atoms with E-state index >= 15 is 0 Å². The van der Waals surface area contributed by atoms with Crippen molar-refractivity contribution in [3.8, 4) is 0 Å². The maximum Gasteiger partial charge on any atom is 0.197 e. The summed E-state index contributed by atoms with van der Waals surface area (Å²) in [5, 5.41) is 98.2. The normalized spacial score (nSPS) is 58.9. The highest BCUT2D eigenvalue weighted by Gasteiger charge is 2.74. The summed E-state index contributed by atoms with van der Waals surface area (Å²) in [6.07, 6.45) is -12.1. The second-order valence-corrected chi connectivity index (χ2v) is 21.3. The third kappa shape index (κ3) is 7.22. The number of rotatable bonds is 7. The average molecular weight is 885 g/mol. The van der Waals surface area contributed by atoms with Gasteiger partial charge in [0, 0.05) is 12.3 Å². The van der Waals surface area contributed by atoms with Crippen molar-refractivity contribution in [2.75, 3.05) is 13.2 Å². The lowest BCUT2D eigenvalue weighted by Gasteiger charge is -2.59. The summed E-state index contributed by atoms with van der Waals surface area (Å²) in [5.41, 5.74) is 0.0336. The summed E-state index contributed by atoms with van der Waals surface area (Å²) < 4.78 is 49.8. The fourth-order valence-electron chi connectivity index (χ4n) is 14.0. The Balaban J connectivity index is 0.922. The van der Waals surface area contributed by atoms with E-state index in [9.17, 15) is 46.0 Å². The smallest absolute Gasteiger partial charge is 0.197 e. The number of hydrogen-bond donors (Lipinski definition) is 9. The summed E-state index contributed by atoms with van der Waals surface area (Å²) in [6, 6.07) is 0. The first-order chi connectivity index (χ1) is 29.2. The van der Waals surface area contributed by atoms with Crippen molar-refractivity contribution in [3.63, 3.8) is 0 Å². The van der Waals surface area contributed by atoms with E-state index < -0.39 is 116 Å². The van der Waals surface area contributed by atoms with Gasteiger partial charge in [-0.1, -0.05) is 32.4 Å². The fraction of sp³-hybridized carbons (Fsp3) is 0.956. The largest absolute Gasteiger partial charge is 0.394 e. The standard InChI is InChI=1S/C45H72O17/c1-19-9-14-45(55-18-19)44(6,54)38-27(62-45)16-26-24-8-7-22-15-23(10-12-42(22,4)25(24)11-13-43(26,38)5)58-41-37(61-40-34(52)32(50)30(48)21(3)57-40)35(53)36(28(17-46)59-41)60-39-33(51)31(49)29(47)20(2)56-39/h7,19-21,23-41,46-54H,8-18H2,1-6H3. The van der Waals surface area contributed by atoms with E-state index in [1.807, 2.05) is 6.92 Å². The van der Waals surface area contributed by atoms with Crippen LogP contribution in [-0.4, -0.2) is 175 Å². The lowest BCUT2D eigenvalue weighted by atomic mass is 9.46. The van der Waals surface area contributed by atoms with Crippen molar-refractivity contribution in [2.45, 2.75) is 215 Å². The van der Waals surface area contributed by atoms with Crippen LogP contribution >= 0.6 is 0 Å². The molecule has 9 rings (SSSR count). The van der Waals surface area contributed by atoms with Crippen LogP contribution < -0.4 is 0 Å². The fourth-order valence-corrected chi connectivity index (χ4v) is 14.0. The van der Waals surface area contributed by atoms with E-state index in [1.165, 1.54) is 19.4 Å². The van der Waals surface area contributed by atoms with Gasteiger partial charge in [0.1, 0.15) is 66.6 Å². The number of allylic oxidation sites excluding steroid dienone is 1. The molecule has 9 aliphatic rings. The van der Waals surface area contributed by atoms with Gasteiger partial charge in [0.2, 0.25) is 0 Å². The molecular formula is C45H72O17. The zero-order chi connectivity index (χ0) is 44.4. The molecule has 26 atom stereocenters. The Morgan fingerprint density at radius 1 is 0.694 bits per heavy atom. The summed E-state index contributed by atoms with van der Waals surface area (Å²) >= 11 is 0. The second-order valence-electron chi connectivity index (χ2n) is 21.3. The van der Waals surface area contributed by atoms with Crippen LogP contribution in [0.15, 0.2) is 11.6 Å². The molecule has 62 heavy (non-hydrogen) atoms. The maximum atomic E-state index is 12.4. The third-order valence-corrected chi connectivity index (χ3v) is 17.7. The molecule has 3 saturated carbocycles. The van der Waals surface area contributed by atoms with Crippen LogP contribution in [0.1, 0.15) is 99.3 Å². The molecule has 5 heterocycles. The van der Waals surface area contributed by atoms with Gasteiger partial charge in [-0.25, -0.2) is 0 Å². The van der Waals surface area contributed by atoms with Crippen LogP contribution in [0.5, 0.6) is 0 Å². The molecule has 17 nitrogen and oxygen atoms in total. The Kier molecular flexibility index (Phi) is 12.4. The van der Waals surface area contributed by atoms with Crippen molar-refractivity contribution in [1.29, 1.82) is 0 Å². The molecule has 0 aromatic rings. The van der Waals surface area contributed by atoms with Gasteiger partial charge in [-0.05, 0) is 107 Å². The predicted molar refractivity (Wildman–Crippen MR) is 214 cm³/mol. The van der Waals surface area contributed by atoms with Gasteiger partial charge in [-0.2, -0.15) is 0 Å². The Labute approximate surface area is 363 Å². The van der Waals surface area contributed by atoms with E-state index in [4.69, 9.17) is 37.9 Å². The van der Waals surface area contributed by atoms with E-state index in [0.29, 0.717) is 49.5 Å². The highest BCUT2D eigenvalue weighted by Crippen LogP contribution is 2.71. The van der Waals surface area contributed by atoms with Crippen LogP contribution in [0.25, 0.3) is 0 Å². The van der Waals surface area contributed by atoms with Crippen LogP contribution in [0, 0.1) is 40.4 Å². The lowest BCUT2D eigenvalue weighted by Crippen LogP contribution is -2.66. The molecule has 0 aromatic carbocycles. The first kappa shape index (κ1) is 46.2. The Bertz CT molecular complexity index is 1640. The number of aliphatic hydroxyl groups excluding tert-OH is 8. The minimum Gasteiger partial charge on any atom is -0.394 e. The van der Waals surface area contributed by atoms with Gasteiger partial charge in [0.15, 0.2) is 24.7 Å². The van der Waals surface area contributed by atoms with Gasteiger partial charge in [0.25, 0.3) is 0 Å². The predicted octanol–water partition coefficient (Wildman–Crippen LogP) is 0.357. The van der Waals surface area contributed by atoms with Crippen molar-refractivity contribution >= 4 is 0 Å². The highest BCUT2D eigenvalue weighted by atomic mass is 16.8. The molecule has 4 aliphatic carbocycles. The quantitative estimate of drug-likeness (QED) is 0.157. The lowest BCUT2D eigenvalue weighted by molar-refractivity contribution is -0.388. The minimum atomic E-state index is -1.72. The molecule has 17 heteroatoms. The van der Waals surface area contributed by atoms with E-state index in [2.05, 4.69) is 26.8 Å². The zero-order valence-electron chi connectivity index (χ0n) is 36.8. The molecule has 5 aliphatic heterocycles. The van der Waals surface area contributed by atoms with Crippen molar-refractivity contribution in [3.05, 3.63) is 11.6 Å². The molecule has 9 N–H and O–H groups in total. The Morgan fingerprint density at radius 2 is 1.34 bits per heavy atom. The van der Waals surface area contributed by atoms with Crippen LogP contribution in [-0.2, 0) is 37.9 Å². The highest BCUT2D eigenvalue weighted by molar-refractivity contribution is 5.27. The summed E-state index contributed by atoms with van der Waals surface area (Å²) in [5.74, 6) is 0.747. The number of aliphatic hydroxyl groups is 9. The van der Waals surface area contributed by atoms with Crippen LogP contribution in [0.2, 0.25) is 0 Å². The first-order valence-electron chi connectivity index (χ1n) is 23.3. The molecule has 0 aromatic heterocycles. The van der Waals surface area contributed by atoms with Gasteiger partial charge in [-0.3, -0.25) is 0 Å².